The molecule has 0 aromatic rings. The highest BCUT2D eigenvalue weighted by Gasteiger charge is 2.46. The number of rotatable bonds is 3. The minimum atomic E-state index is 0.262. The van der Waals surface area contributed by atoms with Gasteiger partial charge in [0, 0.05) is 37.8 Å². The van der Waals surface area contributed by atoms with Crippen LogP contribution < -0.4 is 5.73 Å². The molecule has 0 spiro atoms. The summed E-state index contributed by atoms with van der Waals surface area (Å²) in [7, 11) is 0. The lowest BCUT2D eigenvalue weighted by Gasteiger charge is -2.39. The fraction of sp³-hybridized carbons (Fsp3) is 1.00. The summed E-state index contributed by atoms with van der Waals surface area (Å²) in [5.74, 6) is 0. The monoisotopic (exact) mass is 239 g/mol. The average Bonchev–Trinajstić information content (AvgIpc) is 2.82. The molecule has 0 aromatic carbocycles. The first kappa shape index (κ1) is 13.3. The topological polar surface area (TPSA) is 32.5 Å². The second-order valence-electron chi connectivity index (χ2n) is 7.08. The van der Waals surface area contributed by atoms with Gasteiger partial charge in [0.15, 0.2) is 0 Å². The summed E-state index contributed by atoms with van der Waals surface area (Å²) in [4.78, 5) is 5.26. The predicted octanol–water partition coefficient (Wildman–Crippen LogP) is 1.53. The van der Waals surface area contributed by atoms with Crippen molar-refractivity contribution in [3.05, 3.63) is 0 Å². The van der Waals surface area contributed by atoms with Crippen LogP contribution in [0, 0.1) is 5.41 Å². The molecule has 2 aliphatic rings. The average molecular weight is 239 g/mol. The smallest absolute Gasteiger partial charge is 0.0470 e. The molecule has 2 saturated heterocycles. The maximum Gasteiger partial charge on any atom is 0.0470 e. The Bertz CT molecular complexity index is 275. The third kappa shape index (κ3) is 2.51. The normalized spacial score (nSPS) is 34.9. The van der Waals surface area contributed by atoms with Crippen LogP contribution in [0.3, 0.4) is 0 Å². The van der Waals surface area contributed by atoms with Gasteiger partial charge in [-0.05, 0) is 38.6 Å². The van der Waals surface area contributed by atoms with E-state index in [4.69, 9.17) is 5.73 Å². The van der Waals surface area contributed by atoms with E-state index in [1.807, 2.05) is 0 Å². The lowest BCUT2D eigenvalue weighted by atomic mass is 9.92. The summed E-state index contributed by atoms with van der Waals surface area (Å²) in [5, 5.41) is 0. The van der Waals surface area contributed by atoms with Crippen LogP contribution in [0.25, 0.3) is 0 Å². The molecule has 17 heavy (non-hydrogen) atoms. The molecule has 2 heterocycles. The molecule has 2 aliphatic heterocycles. The summed E-state index contributed by atoms with van der Waals surface area (Å²) >= 11 is 0. The SMILES string of the molecule is CC(C)N1CCC(CN)(N2CCC(C)(C)C2)C1. The Kier molecular flexibility index (Phi) is 3.54. The molecule has 1 atom stereocenters. The Hall–Kier alpha value is -0.120. The van der Waals surface area contributed by atoms with Gasteiger partial charge in [-0.3, -0.25) is 9.80 Å². The van der Waals surface area contributed by atoms with Crippen molar-refractivity contribution < 1.29 is 0 Å². The highest BCUT2D eigenvalue weighted by molar-refractivity contribution is 5.04. The molecule has 3 heteroatoms. The molecule has 2 rings (SSSR count). The van der Waals surface area contributed by atoms with Crippen LogP contribution in [0.4, 0.5) is 0 Å². The molecular weight excluding hydrogens is 210 g/mol. The maximum absolute atomic E-state index is 6.13. The number of nitrogens with zero attached hydrogens (tertiary/aromatic N) is 2. The van der Waals surface area contributed by atoms with Gasteiger partial charge in [0.25, 0.3) is 0 Å². The van der Waals surface area contributed by atoms with Crippen LogP contribution in [-0.4, -0.2) is 54.1 Å². The van der Waals surface area contributed by atoms with E-state index in [0.29, 0.717) is 11.5 Å². The van der Waals surface area contributed by atoms with Crippen LogP contribution >= 0.6 is 0 Å². The Morgan fingerprint density at radius 2 is 1.82 bits per heavy atom. The van der Waals surface area contributed by atoms with E-state index in [1.165, 1.54) is 32.5 Å². The molecule has 0 amide bonds. The van der Waals surface area contributed by atoms with Gasteiger partial charge in [-0.15, -0.1) is 0 Å². The Balaban J connectivity index is 2.07. The van der Waals surface area contributed by atoms with Gasteiger partial charge in [0.2, 0.25) is 0 Å². The minimum absolute atomic E-state index is 0.262. The zero-order valence-corrected chi connectivity index (χ0v) is 12.0. The molecule has 1 unspecified atom stereocenters. The Morgan fingerprint density at radius 1 is 1.12 bits per heavy atom. The van der Waals surface area contributed by atoms with E-state index in [1.54, 1.807) is 0 Å². The molecule has 0 saturated carbocycles. The number of hydrogen-bond donors (Lipinski definition) is 1. The first-order valence-electron chi connectivity index (χ1n) is 7.08. The van der Waals surface area contributed by atoms with Crippen LogP contribution in [-0.2, 0) is 0 Å². The van der Waals surface area contributed by atoms with Crippen LogP contribution in [0.5, 0.6) is 0 Å². The minimum Gasteiger partial charge on any atom is -0.329 e. The molecule has 2 N–H and O–H groups in total. The summed E-state index contributed by atoms with van der Waals surface area (Å²) in [6.07, 6.45) is 2.56. The fourth-order valence-corrected chi connectivity index (χ4v) is 3.40. The highest BCUT2D eigenvalue weighted by atomic mass is 15.3. The van der Waals surface area contributed by atoms with Crippen molar-refractivity contribution in [2.75, 3.05) is 32.7 Å². The molecule has 0 bridgehead atoms. The van der Waals surface area contributed by atoms with E-state index >= 15 is 0 Å². The summed E-state index contributed by atoms with van der Waals surface area (Å²) < 4.78 is 0. The molecule has 0 radical (unpaired) electrons. The van der Waals surface area contributed by atoms with E-state index in [2.05, 4.69) is 37.5 Å². The number of hydrogen-bond acceptors (Lipinski definition) is 3. The van der Waals surface area contributed by atoms with Gasteiger partial charge in [0.1, 0.15) is 0 Å². The lowest BCUT2D eigenvalue weighted by Crippen LogP contribution is -2.55. The van der Waals surface area contributed by atoms with Crippen molar-refractivity contribution in [3.63, 3.8) is 0 Å². The van der Waals surface area contributed by atoms with Crippen LogP contribution in [0.1, 0.15) is 40.5 Å². The molecule has 3 nitrogen and oxygen atoms in total. The van der Waals surface area contributed by atoms with Crippen molar-refractivity contribution in [2.24, 2.45) is 11.1 Å². The summed E-state index contributed by atoms with van der Waals surface area (Å²) in [5.41, 5.74) is 6.87. The van der Waals surface area contributed by atoms with Gasteiger partial charge in [-0.2, -0.15) is 0 Å². The van der Waals surface area contributed by atoms with E-state index in [0.717, 1.165) is 13.1 Å². The van der Waals surface area contributed by atoms with Crippen LogP contribution in [0.2, 0.25) is 0 Å². The van der Waals surface area contributed by atoms with Crippen molar-refractivity contribution >= 4 is 0 Å². The highest BCUT2D eigenvalue weighted by Crippen LogP contribution is 2.37. The largest absolute Gasteiger partial charge is 0.329 e. The third-order valence-corrected chi connectivity index (χ3v) is 4.82. The summed E-state index contributed by atoms with van der Waals surface area (Å²) in [6, 6.07) is 0.652. The lowest BCUT2D eigenvalue weighted by molar-refractivity contribution is 0.110. The molecule has 2 fully saturated rings. The van der Waals surface area contributed by atoms with Gasteiger partial charge in [-0.1, -0.05) is 13.8 Å². The van der Waals surface area contributed by atoms with Crippen molar-refractivity contribution in [1.82, 2.24) is 9.80 Å². The third-order valence-electron chi connectivity index (χ3n) is 4.82. The number of nitrogens with two attached hydrogens (primary N) is 1. The van der Waals surface area contributed by atoms with E-state index in [9.17, 15) is 0 Å². The van der Waals surface area contributed by atoms with Gasteiger partial charge in [0.05, 0.1) is 0 Å². The molecule has 0 aromatic heterocycles. The first-order valence-corrected chi connectivity index (χ1v) is 7.08. The Labute approximate surface area is 106 Å². The zero-order chi connectivity index (χ0) is 12.7. The molecule has 100 valence electrons. The van der Waals surface area contributed by atoms with Crippen molar-refractivity contribution in [2.45, 2.75) is 52.1 Å². The second-order valence-corrected chi connectivity index (χ2v) is 7.08. The van der Waals surface area contributed by atoms with E-state index in [-0.39, 0.29) is 5.54 Å². The predicted molar refractivity (Wildman–Crippen MR) is 73.1 cm³/mol. The fourth-order valence-electron chi connectivity index (χ4n) is 3.40. The second kappa shape index (κ2) is 4.52. The number of likely N-dealkylation sites (tertiary alicyclic amines) is 2. The van der Waals surface area contributed by atoms with Gasteiger partial charge < -0.3 is 5.73 Å². The van der Waals surface area contributed by atoms with Gasteiger partial charge in [-0.25, -0.2) is 0 Å². The zero-order valence-electron chi connectivity index (χ0n) is 12.0. The van der Waals surface area contributed by atoms with E-state index < -0.39 is 0 Å². The van der Waals surface area contributed by atoms with Crippen LogP contribution in [0.15, 0.2) is 0 Å². The standard InChI is InChI=1S/C14H29N3/c1-12(2)16-7-6-14(9-15,11-16)17-8-5-13(3,4)10-17/h12H,5-11,15H2,1-4H3. The maximum atomic E-state index is 6.13. The first-order chi connectivity index (χ1) is 7.88. The molecular formula is C14H29N3. The van der Waals surface area contributed by atoms with Crippen molar-refractivity contribution in [1.29, 1.82) is 0 Å². The quantitative estimate of drug-likeness (QED) is 0.811. The Morgan fingerprint density at radius 3 is 2.24 bits per heavy atom. The van der Waals surface area contributed by atoms with Gasteiger partial charge >= 0.3 is 0 Å². The molecule has 0 aliphatic carbocycles. The summed E-state index contributed by atoms with van der Waals surface area (Å²) in [6.45, 7) is 15.0. The van der Waals surface area contributed by atoms with Crippen molar-refractivity contribution in [3.8, 4) is 0 Å².